The predicted octanol–water partition coefficient (Wildman–Crippen LogP) is 5.50. The molecule has 0 saturated carbocycles. The van der Waals surface area contributed by atoms with E-state index in [0.717, 1.165) is 29.7 Å². The van der Waals surface area contributed by atoms with Crippen molar-refractivity contribution in [3.63, 3.8) is 0 Å². The maximum atomic E-state index is 13.4. The van der Waals surface area contributed by atoms with Crippen LogP contribution in [0.3, 0.4) is 0 Å². The maximum absolute atomic E-state index is 13.4. The van der Waals surface area contributed by atoms with Gasteiger partial charge in [0.25, 0.3) is 6.01 Å². The number of benzene rings is 3. The van der Waals surface area contributed by atoms with Crippen LogP contribution in [0.1, 0.15) is 31.7 Å². The molecule has 334 valence electrons. The summed E-state index contributed by atoms with van der Waals surface area (Å²) in [5, 5.41) is 18.9. The number of nitrogens with one attached hydrogen (secondary N) is 2. The molecule has 7 aromatic rings. The molecule has 7 heterocycles. The topological polar surface area (TPSA) is 227 Å². The van der Waals surface area contributed by atoms with Gasteiger partial charge in [0.1, 0.15) is 60.0 Å². The van der Waals surface area contributed by atoms with Crippen molar-refractivity contribution in [1.82, 2.24) is 44.9 Å². The highest BCUT2D eigenvalue weighted by Gasteiger charge is 2.48. The van der Waals surface area contributed by atoms with Crippen molar-refractivity contribution in [2.45, 2.75) is 56.1 Å². The highest BCUT2D eigenvalue weighted by Crippen LogP contribution is 2.36. The van der Waals surface area contributed by atoms with E-state index < -0.39 is 18.3 Å². The Morgan fingerprint density at radius 1 is 0.908 bits per heavy atom. The van der Waals surface area contributed by atoms with E-state index in [1.807, 2.05) is 71.4 Å². The molecular weight excluding hydrogens is 856 g/mol. The minimum Gasteiger partial charge on any atom is -0.492 e. The van der Waals surface area contributed by atoms with Crippen molar-refractivity contribution in [3.8, 4) is 45.8 Å². The van der Waals surface area contributed by atoms with Crippen molar-refractivity contribution in [3.05, 3.63) is 96.3 Å². The van der Waals surface area contributed by atoms with E-state index >= 15 is 0 Å². The zero-order chi connectivity index (χ0) is 44.4. The van der Waals surface area contributed by atoms with Gasteiger partial charge in [-0.15, -0.1) is 0 Å². The van der Waals surface area contributed by atoms with Crippen molar-refractivity contribution >= 4 is 51.4 Å². The first-order valence-corrected chi connectivity index (χ1v) is 21.9. The Balaban J connectivity index is 0.692. The van der Waals surface area contributed by atoms with Gasteiger partial charge in [0, 0.05) is 37.1 Å². The molecular formula is C46H45ClN10O8. The fraction of sp³-hybridized carbons (Fsp3) is 0.326. The van der Waals surface area contributed by atoms with Gasteiger partial charge < -0.3 is 49.7 Å². The van der Waals surface area contributed by atoms with Crippen molar-refractivity contribution in [1.29, 1.82) is 0 Å². The number of ether oxygens (including phenoxy) is 5. The number of fused-ring (bicyclic) bond motifs is 3. The number of aromatic nitrogens is 7. The van der Waals surface area contributed by atoms with E-state index in [4.69, 9.17) is 46.1 Å². The lowest BCUT2D eigenvalue weighted by molar-refractivity contribution is -0.135. The summed E-state index contributed by atoms with van der Waals surface area (Å²) in [4.78, 5) is 49.1. The standard InChI is InChI=1S/C46H45ClN10O8/c47-32-21-33-44(54-46(52-33)65-35-24-63-41-34(58)23-62-42(35)41)53-39(32)26-8-12-29(13-9-26)61-20-18-49-36(59)16-17-37(60)56-19-4-5-28(22-56)57-45-38(43(48)50-25-51-45)40(55-57)27-10-14-31(15-11-27)64-30-6-2-1-3-7-30/h1-3,6-15,21,25,28,34-35,41-42,58H,4-5,16-20,22-24H2,(H,49,59)(H2,48,50,51)(H,52,53,54)/t28-,34-,35-,41-,42-/m1/s1. The molecule has 5 atom stereocenters. The summed E-state index contributed by atoms with van der Waals surface area (Å²) >= 11 is 6.64. The molecule has 65 heavy (non-hydrogen) atoms. The number of hydrogen-bond donors (Lipinski definition) is 4. The number of nitrogens with zero attached hydrogens (tertiary/aromatic N) is 7. The number of aromatic amines is 1. The molecule has 4 aromatic heterocycles. The average molecular weight is 901 g/mol. The summed E-state index contributed by atoms with van der Waals surface area (Å²) < 4.78 is 31.0. The number of carbonyl (C=O) groups excluding carboxylic acids is 2. The average Bonchev–Trinajstić information content (AvgIpc) is 4.12. The van der Waals surface area contributed by atoms with E-state index in [9.17, 15) is 14.7 Å². The largest absolute Gasteiger partial charge is 0.492 e. The van der Waals surface area contributed by atoms with E-state index in [0.29, 0.717) is 69.0 Å². The number of pyridine rings is 1. The van der Waals surface area contributed by atoms with Gasteiger partial charge in [0.15, 0.2) is 17.4 Å². The number of nitrogens with two attached hydrogens (primary N) is 1. The highest BCUT2D eigenvalue weighted by atomic mass is 35.5. The summed E-state index contributed by atoms with van der Waals surface area (Å²) in [6, 6.07) is 26.3. The number of carbonyl (C=O) groups is 2. The predicted molar refractivity (Wildman–Crippen MR) is 239 cm³/mol. The Bertz CT molecular complexity index is 2830. The number of amides is 2. The monoisotopic (exact) mass is 900 g/mol. The molecule has 0 bridgehead atoms. The van der Waals surface area contributed by atoms with Crippen LogP contribution in [0.25, 0.3) is 44.7 Å². The quantitative estimate of drug-likeness (QED) is 0.0989. The number of likely N-dealkylation sites (tertiary alicyclic amines) is 1. The molecule has 3 aliphatic heterocycles. The summed E-state index contributed by atoms with van der Waals surface area (Å²) in [7, 11) is 0. The summed E-state index contributed by atoms with van der Waals surface area (Å²) in [6.07, 6.45) is 1.23. The third-order valence-electron chi connectivity index (χ3n) is 11.8. The van der Waals surface area contributed by atoms with Crippen LogP contribution in [0.15, 0.2) is 91.3 Å². The molecule has 0 unspecified atom stereocenters. The van der Waals surface area contributed by atoms with E-state index in [-0.39, 0.29) is 69.2 Å². The van der Waals surface area contributed by atoms with Crippen molar-refractivity contribution in [2.75, 3.05) is 45.2 Å². The number of aliphatic hydroxyl groups excluding tert-OH is 1. The molecule has 3 fully saturated rings. The number of nitrogen functional groups attached to an aromatic ring is 1. The van der Waals surface area contributed by atoms with E-state index in [2.05, 4.69) is 30.2 Å². The lowest BCUT2D eigenvalue weighted by Gasteiger charge is -2.33. The van der Waals surface area contributed by atoms with Crippen LogP contribution < -0.4 is 25.3 Å². The molecule has 10 rings (SSSR count). The van der Waals surface area contributed by atoms with Gasteiger partial charge in [-0.3, -0.25) is 9.59 Å². The molecule has 3 aromatic carbocycles. The smallest absolute Gasteiger partial charge is 0.296 e. The Kier molecular flexibility index (Phi) is 11.9. The molecule has 3 aliphatic rings. The number of hydrogen-bond acceptors (Lipinski definition) is 14. The third-order valence-corrected chi connectivity index (χ3v) is 12.0. The van der Waals surface area contributed by atoms with E-state index in [1.54, 1.807) is 23.1 Å². The SMILES string of the molecule is Nc1ncnc2c1c(-c1ccc(Oc3ccccc3)cc1)nn2[C@@H]1CCCN(C(=O)CCC(=O)NCCOc2ccc(-c3nc4nc(O[C@@H]5CO[C@H]6[C@@H]5OC[C@H]6O)[nH]c4cc3Cl)cc2)C1. The summed E-state index contributed by atoms with van der Waals surface area (Å²) in [6.45, 7) is 1.98. The number of para-hydroxylation sites is 1. The Hall–Kier alpha value is -6.86. The van der Waals surface area contributed by atoms with Gasteiger partial charge in [-0.1, -0.05) is 29.8 Å². The van der Waals surface area contributed by atoms with Crippen molar-refractivity contribution < 1.29 is 38.4 Å². The Labute approximate surface area is 377 Å². The van der Waals surface area contributed by atoms with Gasteiger partial charge in [-0.2, -0.15) is 10.1 Å². The zero-order valence-electron chi connectivity index (χ0n) is 35.0. The molecule has 19 heteroatoms. The van der Waals surface area contributed by atoms with Gasteiger partial charge in [0.05, 0.1) is 47.4 Å². The molecule has 3 saturated heterocycles. The van der Waals surface area contributed by atoms with Gasteiger partial charge >= 0.3 is 0 Å². The number of anilines is 1. The first kappa shape index (κ1) is 42.1. The molecule has 0 radical (unpaired) electrons. The molecule has 0 spiro atoms. The minimum absolute atomic E-state index is 0.0491. The van der Waals surface area contributed by atoms with Crippen LogP contribution in [0.4, 0.5) is 5.82 Å². The summed E-state index contributed by atoms with van der Waals surface area (Å²) in [5.74, 6) is 2.00. The lowest BCUT2D eigenvalue weighted by atomic mass is 10.0. The fourth-order valence-corrected chi connectivity index (χ4v) is 8.78. The lowest BCUT2D eigenvalue weighted by Crippen LogP contribution is -2.41. The Morgan fingerprint density at radius 3 is 2.48 bits per heavy atom. The second-order valence-electron chi connectivity index (χ2n) is 16.1. The van der Waals surface area contributed by atoms with Crippen LogP contribution in [-0.2, 0) is 19.1 Å². The second-order valence-corrected chi connectivity index (χ2v) is 16.5. The van der Waals surface area contributed by atoms with Gasteiger partial charge in [-0.25, -0.2) is 19.6 Å². The summed E-state index contributed by atoms with van der Waals surface area (Å²) in [5.41, 5.74) is 10.8. The molecule has 5 N–H and O–H groups in total. The number of halogens is 1. The number of rotatable bonds is 14. The number of aliphatic hydroxyl groups is 1. The van der Waals surface area contributed by atoms with Gasteiger partial charge in [-0.05, 0) is 79.6 Å². The zero-order valence-corrected chi connectivity index (χ0v) is 35.8. The molecule has 18 nitrogen and oxygen atoms in total. The second kappa shape index (κ2) is 18.3. The number of imidazole rings is 1. The fourth-order valence-electron chi connectivity index (χ4n) is 8.52. The first-order valence-electron chi connectivity index (χ1n) is 21.5. The number of piperidine rings is 1. The van der Waals surface area contributed by atoms with Crippen LogP contribution in [0.5, 0.6) is 23.3 Å². The van der Waals surface area contributed by atoms with Crippen molar-refractivity contribution in [2.24, 2.45) is 0 Å². The molecule has 2 amide bonds. The van der Waals surface area contributed by atoms with Crippen LogP contribution in [0.2, 0.25) is 5.02 Å². The molecule has 0 aliphatic carbocycles. The van der Waals surface area contributed by atoms with Crippen LogP contribution in [0, 0.1) is 0 Å². The van der Waals surface area contributed by atoms with Crippen LogP contribution >= 0.6 is 11.6 Å². The normalized spacial score (nSPS) is 20.5. The van der Waals surface area contributed by atoms with Gasteiger partial charge in [0.2, 0.25) is 11.8 Å². The van der Waals surface area contributed by atoms with E-state index in [1.165, 1.54) is 6.33 Å². The van der Waals surface area contributed by atoms with Crippen LogP contribution in [-0.4, -0.2) is 120 Å². The third kappa shape index (κ3) is 8.97. The first-order chi connectivity index (χ1) is 31.7. The Morgan fingerprint density at radius 2 is 1.66 bits per heavy atom. The minimum atomic E-state index is -0.676. The highest BCUT2D eigenvalue weighted by molar-refractivity contribution is 6.33. The number of H-pyrrole nitrogens is 1. The maximum Gasteiger partial charge on any atom is 0.296 e.